The van der Waals surface area contributed by atoms with Gasteiger partial charge in [-0.2, -0.15) is 25.3 Å². The van der Waals surface area contributed by atoms with E-state index in [1.165, 1.54) is 62.4 Å². The highest BCUT2D eigenvalue weighted by molar-refractivity contribution is 7.80. The minimum atomic E-state index is -1.18. The average molecular weight is 1720 g/mol. The SMILES string of the molecule is C[C@@H](O)[C@H](N)C(=O)O.C[C@@H](O)[C@H](N)C(=O)O.NCCCC[C@H](N)C(=O)O.N[C@@H](CS)C(=O)O.N[C@@H](CS)C(=O)O.N[C@@H](Cc1ccc(O)cc1)C(=O)O.N[C@@H](Cc1ccc(O)cc1)C(=O)O.N[C@@H](Cc1ccccc1)C(=O)O.N[C@H](Cc1c[nH]c2ccccc12)C(=O)O.N[C@H](Cc1ccc(O)cc1)C(=O)O.N[C@H](Cc1ccc(O)cc1)C(=O)O. The van der Waals surface area contributed by atoms with Crippen molar-refractivity contribution in [2.24, 2.45) is 68.8 Å². The molecule has 0 bridgehead atoms. The molecule has 7 rings (SSSR count). The number of benzene rings is 6. The average Bonchev–Trinajstić information content (AvgIpc) is 1.69. The zero-order valence-electron chi connectivity index (χ0n) is 64.9. The predicted octanol–water partition coefficient (Wildman–Crippen LogP) is -1.11. The predicted molar refractivity (Wildman–Crippen MR) is 445 cm³/mol. The Bertz CT molecular complexity index is 3770. The fraction of sp³-hybridized carbons (Fsp3) is 0.355. The number of nitrogens with one attached hydrogen (secondary N) is 1. The molecule has 119 heavy (non-hydrogen) atoms. The molecule has 0 amide bonds. The van der Waals surface area contributed by atoms with Crippen molar-refractivity contribution >= 4 is 102 Å². The van der Waals surface area contributed by atoms with Crippen LogP contribution < -0.4 is 68.8 Å². The summed E-state index contributed by atoms with van der Waals surface area (Å²) in [5.74, 6) is -10.3. The summed E-state index contributed by atoms with van der Waals surface area (Å²) in [5.41, 5.74) is 68.3. The van der Waals surface area contributed by atoms with E-state index in [1.807, 2.05) is 60.8 Å². The molecule has 0 saturated carbocycles. The summed E-state index contributed by atoms with van der Waals surface area (Å²) in [6.07, 6.45) is 3.84. The van der Waals surface area contributed by atoms with E-state index in [4.69, 9.17) is 156 Å². The third-order valence-corrected chi connectivity index (χ3v) is 15.6. The van der Waals surface area contributed by atoms with Crippen LogP contribution in [0.3, 0.4) is 0 Å². The van der Waals surface area contributed by atoms with Crippen molar-refractivity contribution in [3.63, 3.8) is 0 Å². The number of carbonyl (C=O) groups is 11. The number of H-pyrrole nitrogens is 1. The van der Waals surface area contributed by atoms with E-state index in [9.17, 15) is 52.7 Å². The third kappa shape index (κ3) is 58.0. The van der Waals surface area contributed by atoms with Crippen LogP contribution >= 0.6 is 25.3 Å². The Morgan fingerprint density at radius 2 is 0.546 bits per heavy atom. The number of hydrogen-bond acceptors (Lipinski definition) is 31. The molecule has 662 valence electrons. The Balaban J connectivity index is -0.000000617. The first-order valence-corrected chi connectivity index (χ1v) is 36.5. The van der Waals surface area contributed by atoms with Gasteiger partial charge in [0, 0.05) is 35.0 Å². The summed E-state index contributed by atoms with van der Waals surface area (Å²) in [7, 11) is 0. The van der Waals surface area contributed by atoms with Gasteiger partial charge in [-0.25, -0.2) is 0 Å². The van der Waals surface area contributed by atoms with Crippen molar-refractivity contribution in [2.45, 2.75) is 150 Å². The fourth-order valence-corrected chi connectivity index (χ4v) is 7.99. The zero-order valence-corrected chi connectivity index (χ0v) is 66.7. The van der Waals surface area contributed by atoms with Crippen LogP contribution in [-0.2, 0) is 91.3 Å². The highest BCUT2D eigenvalue weighted by atomic mass is 32.1. The van der Waals surface area contributed by atoms with Crippen molar-refractivity contribution in [1.82, 2.24) is 4.98 Å². The van der Waals surface area contributed by atoms with Crippen LogP contribution in [0.15, 0.2) is 158 Å². The van der Waals surface area contributed by atoms with Gasteiger partial charge in [-0.05, 0) is 153 Å². The number of para-hydroxylation sites is 1. The Morgan fingerprint density at radius 1 is 0.311 bits per heavy atom. The van der Waals surface area contributed by atoms with Crippen molar-refractivity contribution < 1.29 is 140 Å². The Morgan fingerprint density at radius 3 is 0.756 bits per heavy atom. The topological polar surface area (TPSA) is 860 Å². The number of aliphatic hydroxyl groups excluding tert-OH is 2. The van der Waals surface area contributed by atoms with Crippen LogP contribution in [-0.4, -0.2) is 254 Å². The number of aliphatic hydroxyl groups is 2. The number of rotatable bonds is 31. The van der Waals surface area contributed by atoms with E-state index < -0.39 is 144 Å². The summed E-state index contributed by atoms with van der Waals surface area (Å²) in [4.78, 5) is 115. The number of aliphatic carboxylic acids is 11. The number of aromatic hydroxyl groups is 4. The Labute approximate surface area is 694 Å². The first kappa shape index (κ1) is 114. The number of thiol groups is 2. The van der Waals surface area contributed by atoms with E-state index in [-0.39, 0.29) is 60.2 Å². The van der Waals surface area contributed by atoms with Gasteiger partial charge in [0.2, 0.25) is 0 Å². The minimum Gasteiger partial charge on any atom is -0.508 e. The van der Waals surface area contributed by atoms with Gasteiger partial charge in [0.15, 0.2) is 0 Å². The van der Waals surface area contributed by atoms with Crippen molar-refractivity contribution in [3.8, 4) is 23.0 Å². The largest absolute Gasteiger partial charge is 0.508 e. The van der Waals surface area contributed by atoms with Crippen LogP contribution in [0.5, 0.6) is 23.0 Å². The number of unbranched alkanes of at least 4 members (excludes halogenated alkanes) is 1. The summed E-state index contributed by atoms with van der Waals surface area (Å²) in [6.45, 7) is 3.27. The number of aromatic nitrogens is 1. The molecular formula is C76H113N13O28S2. The first-order chi connectivity index (χ1) is 55.4. The number of phenolic OH excluding ortho intramolecular Hbond substituents is 4. The monoisotopic (exact) mass is 1720 g/mol. The lowest BCUT2D eigenvalue weighted by atomic mass is 10.1. The highest BCUT2D eigenvalue weighted by Gasteiger charge is 2.20. The molecule has 42 N–H and O–H groups in total. The smallest absolute Gasteiger partial charge is 0.323 e. The molecule has 0 aliphatic rings. The molecule has 0 saturated heterocycles. The van der Waals surface area contributed by atoms with E-state index >= 15 is 0 Å². The standard InChI is InChI=1S/C11H12N2O2.4C9H11NO3.C9H11NO2.C6H14N2O2.2C4H9NO3.2C3H7NO2S/c12-9(11(14)15)5-7-6-13-10-4-2-1-3-8(7)10;4*10-8(9(12)13)5-6-1-3-7(11)4-2-6;10-8(9(11)12)6-7-4-2-1-3-5-7;7-4-2-1-3-5(8)6(9)10;2*1-2(6)3(5)4(7)8;2*4-2(1-7)3(5)6/h1-4,6,9,13H,5,12H2,(H,14,15);4*1-4,8,11H,5,10H2,(H,12,13);1-5,8H,6,10H2,(H,11,12);5H,1-4,7-8H2,(H,9,10);2*2-3,6H,5H2,1H3,(H,7,8);2*2,7H,1,4H2,(H,5,6)/t9-;5*8-;5-;2*2-,3+;2*2-/m11100001100/s1. The molecule has 6 aromatic carbocycles. The maximum atomic E-state index is 10.6. The zero-order chi connectivity index (χ0) is 92.4. The number of phenols is 4. The molecule has 0 aliphatic heterocycles. The second kappa shape index (κ2) is 64.4. The third-order valence-electron chi connectivity index (χ3n) is 14.8. The summed E-state index contributed by atoms with van der Waals surface area (Å²) >= 11 is 7.30. The lowest BCUT2D eigenvalue weighted by Crippen LogP contribution is -2.39. The molecule has 0 fully saturated rings. The summed E-state index contributed by atoms with van der Waals surface area (Å²) in [6, 6.07) is 32.5. The molecule has 0 radical (unpaired) electrons. The molecule has 7 aromatic rings. The van der Waals surface area contributed by atoms with Gasteiger partial charge < -0.3 is 161 Å². The number of carboxylic acids is 11. The van der Waals surface area contributed by atoms with Gasteiger partial charge in [-0.1, -0.05) is 103 Å². The molecule has 0 aliphatic carbocycles. The molecule has 0 spiro atoms. The van der Waals surface area contributed by atoms with Crippen LogP contribution in [0.1, 0.15) is 66.5 Å². The van der Waals surface area contributed by atoms with Gasteiger partial charge >= 0.3 is 65.7 Å². The van der Waals surface area contributed by atoms with E-state index in [0.29, 0.717) is 25.8 Å². The summed E-state index contributed by atoms with van der Waals surface area (Å²) in [5, 5.41) is 146. The number of aromatic amines is 1. The first-order valence-electron chi connectivity index (χ1n) is 35.2. The van der Waals surface area contributed by atoms with Gasteiger partial charge in [-0.15, -0.1) is 0 Å². The number of fused-ring (bicyclic) bond motifs is 1. The molecule has 0 unspecified atom stereocenters. The Kier molecular flexibility index (Phi) is 61.6. The molecule has 13 atom stereocenters. The fourth-order valence-electron chi connectivity index (χ4n) is 7.67. The molecular weight excluding hydrogens is 1610 g/mol. The summed E-state index contributed by atoms with van der Waals surface area (Å²) < 4.78 is 0. The normalized spacial score (nSPS) is 13.3. The van der Waals surface area contributed by atoms with Crippen molar-refractivity contribution in [3.05, 3.63) is 191 Å². The molecule has 43 heteroatoms. The van der Waals surface area contributed by atoms with Gasteiger partial charge in [-0.3, -0.25) is 52.7 Å². The van der Waals surface area contributed by atoms with Gasteiger partial charge in [0.1, 0.15) is 89.5 Å². The number of nitrogens with two attached hydrogens (primary N) is 12. The molecule has 41 nitrogen and oxygen atoms in total. The second-order valence-corrected chi connectivity index (χ2v) is 25.8. The molecule has 1 heterocycles. The van der Waals surface area contributed by atoms with Gasteiger partial charge in [0.25, 0.3) is 0 Å². The van der Waals surface area contributed by atoms with Crippen LogP contribution in [0, 0.1) is 0 Å². The highest BCUT2D eigenvalue weighted by Crippen LogP contribution is 2.19. The van der Waals surface area contributed by atoms with E-state index in [2.05, 4.69) is 30.2 Å². The lowest BCUT2D eigenvalue weighted by Gasteiger charge is -2.07. The molecule has 1 aromatic heterocycles. The van der Waals surface area contributed by atoms with Crippen molar-refractivity contribution in [2.75, 3.05) is 18.1 Å². The quantitative estimate of drug-likeness (QED) is 0.0181. The number of hydrogen-bond donors (Lipinski definition) is 32. The van der Waals surface area contributed by atoms with E-state index in [1.54, 1.807) is 48.5 Å². The number of carboxylic acid groups (broad SMARTS) is 11. The van der Waals surface area contributed by atoms with Crippen LogP contribution in [0.25, 0.3) is 10.9 Å². The van der Waals surface area contributed by atoms with E-state index in [0.717, 1.165) is 57.1 Å². The lowest BCUT2D eigenvalue weighted by molar-refractivity contribution is -0.141. The van der Waals surface area contributed by atoms with Crippen LogP contribution in [0.2, 0.25) is 0 Å². The second-order valence-electron chi connectivity index (χ2n) is 25.1. The maximum Gasteiger partial charge on any atom is 0.323 e. The maximum absolute atomic E-state index is 10.6. The van der Waals surface area contributed by atoms with Gasteiger partial charge in [0.05, 0.1) is 12.2 Å². The Hall–Kier alpha value is -11.6. The van der Waals surface area contributed by atoms with Crippen molar-refractivity contribution in [1.29, 1.82) is 0 Å². The van der Waals surface area contributed by atoms with Crippen LogP contribution in [0.4, 0.5) is 0 Å². The minimum absolute atomic E-state index is 0.160.